The van der Waals surface area contributed by atoms with Crippen LogP contribution in [0.25, 0.3) is 0 Å². The number of aromatic nitrogens is 3. The highest BCUT2D eigenvalue weighted by Gasteiger charge is 2.22. The van der Waals surface area contributed by atoms with Crippen molar-refractivity contribution in [3.63, 3.8) is 0 Å². The van der Waals surface area contributed by atoms with Crippen molar-refractivity contribution in [2.45, 2.75) is 0 Å². The lowest BCUT2D eigenvalue weighted by Crippen LogP contribution is -2.02. The molecule has 2 heterocycles. The van der Waals surface area contributed by atoms with Gasteiger partial charge in [0.25, 0.3) is 0 Å². The number of anilines is 2. The van der Waals surface area contributed by atoms with Gasteiger partial charge in [-0.25, -0.2) is 15.0 Å². The average molecular weight is 286 g/mol. The largest absolute Gasteiger partial charge is 0.348 e. The fourth-order valence-corrected chi connectivity index (χ4v) is 1.59. The van der Waals surface area contributed by atoms with Crippen LogP contribution < -0.4 is 5.32 Å². The number of halogens is 2. The van der Waals surface area contributed by atoms with Crippen molar-refractivity contribution in [1.82, 2.24) is 15.0 Å². The minimum absolute atomic E-state index is 0.0464. The lowest BCUT2D eigenvalue weighted by atomic mass is 10.4. The first-order valence-electron chi connectivity index (χ1n) is 4.62. The molecule has 0 aromatic carbocycles. The standard InChI is InChI=1S/C9H5Cl2N5O2/c10-7-5(2-1-3-12-7)15-9-6(16(17)18)8(11)13-4-14-9/h1-4H,(H,13,14,15). The second-order valence-electron chi connectivity index (χ2n) is 3.09. The molecule has 0 saturated carbocycles. The molecular weight excluding hydrogens is 281 g/mol. The lowest BCUT2D eigenvalue weighted by molar-refractivity contribution is -0.384. The molecule has 0 amide bonds. The van der Waals surface area contributed by atoms with Gasteiger partial charge in [-0.3, -0.25) is 10.1 Å². The average Bonchev–Trinajstić information content (AvgIpc) is 2.31. The summed E-state index contributed by atoms with van der Waals surface area (Å²) in [6.07, 6.45) is 2.61. The zero-order chi connectivity index (χ0) is 13.1. The maximum atomic E-state index is 10.9. The third kappa shape index (κ3) is 2.47. The van der Waals surface area contributed by atoms with E-state index in [1.54, 1.807) is 12.1 Å². The van der Waals surface area contributed by atoms with Crippen LogP contribution in [0.15, 0.2) is 24.7 Å². The second-order valence-corrected chi connectivity index (χ2v) is 3.80. The molecule has 0 saturated heterocycles. The third-order valence-electron chi connectivity index (χ3n) is 1.97. The number of hydrogen-bond acceptors (Lipinski definition) is 6. The lowest BCUT2D eigenvalue weighted by Gasteiger charge is -2.06. The molecule has 0 aliphatic rings. The molecule has 0 fully saturated rings. The summed E-state index contributed by atoms with van der Waals surface area (Å²) in [7, 11) is 0. The van der Waals surface area contributed by atoms with Crippen molar-refractivity contribution in [2.24, 2.45) is 0 Å². The highest BCUT2D eigenvalue weighted by molar-refractivity contribution is 6.32. The number of nitro groups is 1. The maximum absolute atomic E-state index is 10.9. The Bertz CT molecular complexity index is 607. The summed E-state index contributed by atoms with van der Waals surface area (Å²) in [5.41, 5.74) is -0.0314. The predicted molar refractivity (Wildman–Crippen MR) is 66.2 cm³/mol. The molecule has 0 unspecified atom stereocenters. The minimum Gasteiger partial charge on any atom is -0.332 e. The fourth-order valence-electron chi connectivity index (χ4n) is 1.22. The first kappa shape index (κ1) is 12.5. The zero-order valence-corrected chi connectivity index (χ0v) is 10.2. The Hall–Kier alpha value is -1.99. The summed E-state index contributed by atoms with van der Waals surface area (Å²) < 4.78 is 0. The van der Waals surface area contributed by atoms with Crippen LogP contribution in [0.5, 0.6) is 0 Å². The quantitative estimate of drug-likeness (QED) is 0.403. The molecule has 2 aromatic rings. The normalized spacial score (nSPS) is 10.1. The van der Waals surface area contributed by atoms with E-state index in [1.165, 1.54) is 6.20 Å². The van der Waals surface area contributed by atoms with E-state index in [0.717, 1.165) is 6.33 Å². The zero-order valence-electron chi connectivity index (χ0n) is 8.67. The molecule has 9 heteroatoms. The number of nitrogens with one attached hydrogen (secondary N) is 1. The van der Waals surface area contributed by atoms with Gasteiger partial charge in [-0.2, -0.15) is 0 Å². The maximum Gasteiger partial charge on any atom is 0.348 e. The summed E-state index contributed by atoms with van der Waals surface area (Å²) >= 11 is 11.5. The van der Waals surface area contributed by atoms with Gasteiger partial charge in [-0.1, -0.05) is 23.2 Å². The van der Waals surface area contributed by atoms with Crippen molar-refractivity contribution >= 4 is 40.4 Å². The van der Waals surface area contributed by atoms with Gasteiger partial charge in [0, 0.05) is 6.20 Å². The third-order valence-corrected chi connectivity index (χ3v) is 2.55. The highest BCUT2D eigenvalue weighted by Crippen LogP contribution is 2.31. The monoisotopic (exact) mass is 285 g/mol. The van der Waals surface area contributed by atoms with Gasteiger partial charge < -0.3 is 5.32 Å². The SMILES string of the molecule is O=[N+]([O-])c1c(Cl)ncnc1Nc1cccnc1Cl. The molecule has 0 radical (unpaired) electrons. The van der Waals surface area contributed by atoms with E-state index < -0.39 is 10.6 Å². The van der Waals surface area contributed by atoms with E-state index in [1.807, 2.05) is 0 Å². The number of pyridine rings is 1. The smallest absolute Gasteiger partial charge is 0.332 e. The van der Waals surface area contributed by atoms with Gasteiger partial charge >= 0.3 is 5.69 Å². The van der Waals surface area contributed by atoms with Gasteiger partial charge in [-0.05, 0) is 12.1 Å². The molecule has 92 valence electrons. The summed E-state index contributed by atoms with van der Waals surface area (Å²) in [5.74, 6) is -0.0464. The van der Waals surface area contributed by atoms with Crippen LogP contribution >= 0.6 is 23.2 Å². The van der Waals surface area contributed by atoms with Gasteiger partial charge in [0.15, 0.2) is 5.15 Å². The molecule has 2 rings (SSSR count). The molecule has 0 bridgehead atoms. The number of nitrogens with zero attached hydrogens (tertiary/aromatic N) is 4. The number of rotatable bonds is 3. The van der Waals surface area contributed by atoms with Crippen molar-refractivity contribution in [1.29, 1.82) is 0 Å². The van der Waals surface area contributed by atoms with Crippen LogP contribution in [0, 0.1) is 10.1 Å². The fraction of sp³-hybridized carbons (Fsp3) is 0. The van der Waals surface area contributed by atoms with Crippen LogP contribution in [-0.4, -0.2) is 19.9 Å². The van der Waals surface area contributed by atoms with Crippen molar-refractivity contribution in [3.05, 3.63) is 45.1 Å². The van der Waals surface area contributed by atoms with Gasteiger partial charge in [-0.15, -0.1) is 0 Å². The molecule has 0 aliphatic carbocycles. The first-order valence-corrected chi connectivity index (χ1v) is 5.37. The molecule has 7 nitrogen and oxygen atoms in total. The Morgan fingerprint density at radius 1 is 1.22 bits per heavy atom. The van der Waals surface area contributed by atoms with E-state index in [-0.39, 0.29) is 16.1 Å². The molecule has 0 atom stereocenters. The van der Waals surface area contributed by atoms with Crippen molar-refractivity contribution in [2.75, 3.05) is 5.32 Å². The molecule has 1 N–H and O–H groups in total. The van der Waals surface area contributed by atoms with Crippen LogP contribution in [0.4, 0.5) is 17.2 Å². The van der Waals surface area contributed by atoms with Crippen LogP contribution in [0.3, 0.4) is 0 Å². The number of hydrogen-bond donors (Lipinski definition) is 1. The first-order chi connectivity index (χ1) is 8.59. The van der Waals surface area contributed by atoms with E-state index in [2.05, 4.69) is 20.3 Å². The predicted octanol–water partition coefficient (Wildman–Crippen LogP) is 2.83. The van der Waals surface area contributed by atoms with Crippen LogP contribution in [0.1, 0.15) is 0 Å². The van der Waals surface area contributed by atoms with E-state index in [0.29, 0.717) is 5.69 Å². The highest BCUT2D eigenvalue weighted by atomic mass is 35.5. The Morgan fingerprint density at radius 3 is 2.67 bits per heavy atom. The molecule has 2 aromatic heterocycles. The molecule has 0 aliphatic heterocycles. The minimum atomic E-state index is -0.672. The summed E-state index contributed by atoms with van der Waals surface area (Å²) in [4.78, 5) is 21.3. The second kappa shape index (κ2) is 5.11. The molecule has 0 spiro atoms. The van der Waals surface area contributed by atoms with Crippen molar-refractivity contribution in [3.8, 4) is 0 Å². The Labute approximate surface area is 111 Å². The summed E-state index contributed by atoms with van der Waals surface area (Å²) in [5, 5.41) is 13.5. The summed E-state index contributed by atoms with van der Waals surface area (Å²) in [6, 6.07) is 3.23. The van der Waals surface area contributed by atoms with Gasteiger partial charge in [0.05, 0.1) is 10.6 Å². The van der Waals surface area contributed by atoms with Gasteiger partial charge in [0.2, 0.25) is 11.0 Å². The van der Waals surface area contributed by atoms with Crippen molar-refractivity contribution < 1.29 is 4.92 Å². The Balaban J connectivity index is 2.44. The van der Waals surface area contributed by atoms with Crippen LogP contribution in [0.2, 0.25) is 10.3 Å². The van der Waals surface area contributed by atoms with E-state index in [4.69, 9.17) is 23.2 Å². The molecular formula is C9H5Cl2N5O2. The Morgan fingerprint density at radius 2 is 2.00 bits per heavy atom. The van der Waals surface area contributed by atoms with E-state index in [9.17, 15) is 10.1 Å². The summed E-state index contributed by atoms with van der Waals surface area (Å²) in [6.45, 7) is 0. The van der Waals surface area contributed by atoms with Gasteiger partial charge in [0.1, 0.15) is 6.33 Å². The van der Waals surface area contributed by atoms with Crippen LogP contribution in [-0.2, 0) is 0 Å². The van der Waals surface area contributed by atoms with E-state index >= 15 is 0 Å². The Kier molecular flexibility index (Phi) is 3.54. The topological polar surface area (TPSA) is 93.8 Å². The molecule has 18 heavy (non-hydrogen) atoms.